The number of hydrogen-bond acceptors (Lipinski definition) is 5. The molecular weight excluding hydrogens is 402 g/mol. The van der Waals surface area contributed by atoms with E-state index in [1.807, 2.05) is 36.4 Å². The first-order valence-electron chi connectivity index (χ1n) is 10.1. The Bertz CT molecular complexity index is 990. The Balaban J connectivity index is 1.72. The minimum absolute atomic E-state index is 0.134. The Morgan fingerprint density at radius 3 is 2.63 bits per heavy atom. The number of nitrogens with one attached hydrogen (secondary N) is 2. The van der Waals surface area contributed by atoms with Gasteiger partial charge in [0.1, 0.15) is 9.84 Å². The molecule has 0 saturated carbocycles. The number of fused-ring (bicyclic) bond motifs is 1. The van der Waals surface area contributed by atoms with Crippen molar-refractivity contribution in [3.8, 4) is 11.5 Å². The molecule has 0 fully saturated rings. The summed E-state index contributed by atoms with van der Waals surface area (Å²) in [6.07, 6.45) is 2.60. The van der Waals surface area contributed by atoms with Crippen LogP contribution in [0.25, 0.3) is 0 Å². The van der Waals surface area contributed by atoms with Crippen LogP contribution in [0.4, 0.5) is 5.69 Å². The average Bonchev–Trinajstić information content (AvgIpc) is 2.94. The molecule has 0 aromatic heterocycles. The topological polar surface area (TPSA) is 89.0 Å². The fraction of sp³-hybridized carbons (Fsp3) is 0.409. The molecule has 2 aromatic carbocycles. The molecule has 0 radical (unpaired) electrons. The Labute approximate surface area is 178 Å². The van der Waals surface area contributed by atoms with E-state index in [0.717, 1.165) is 23.4 Å². The number of guanidine groups is 1. The van der Waals surface area contributed by atoms with Crippen molar-refractivity contribution in [3.63, 3.8) is 0 Å². The fourth-order valence-electron chi connectivity index (χ4n) is 3.01. The summed E-state index contributed by atoms with van der Waals surface area (Å²) in [7, 11) is -2.99. The van der Waals surface area contributed by atoms with E-state index in [4.69, 9.17) is 9.47 Å². The lowest BCUT2D eigenvalue weighted by Crippen LogP contribution is -2.32. The second kappa shape index (κ2) is 10.3. The van der Waals surface area contributed by atoms with Crippen molar-refractivity contribution in [1.29, 1.82) is 0 Å². The summed E-state index contributed by atoms with van der Waals surface area (Å²) in [5.74, 6) is 2.15. The number of rotatable bonds is 7. The Kier molecular flexibility index (Phi) is 7.57. The molecule has 30 heavy (non-hydrogen) atoms. The van der Waals surface area contributed by atoms with E-state index >= 15 is 0 Å². The number of nitrogens with zero attached hydrogens (tertiary/aromatic N) is 1. The minimum atomic E-state index is -2.99. The van der Waals surface area contributed by atoms with Gasteiger partial charge >= 0.3 is 0 Å². The van der Waals surface area contributed by atoms with Crippen molar-refractivity contribution < 1.29 is 17.9 Å². The molecule has 7 nitrogen and oxygen atoms in total. The van der Waals surface area contributed by atoms with Gasteiger partial charge in [-0.1, -0.05) is 24.3 Å². The summed E-state index contributed by atoms with van der Waals surface area (Å²) in [5.41, 5.74) is 3.13. The SMILES string of the molecule is Cc1ccccc1CN=C(NCCCS(C)(=O)=O)Nc1ccc2c(c1)OCCCO2. The van der Waals surface area contributed by atoms with Crippen molar-refractivity contribution >= 4 is 21.5 Å². The lowest BCUT2D eigenvalue weighted by Gasteiger charge is -2.15. The number of aliphatic imine (C=N–C) groups is 1. The largest absolute Gasteiger partial charge is 0.490 e. The number of benzene rings is 2. The highest BCUT2D eigenvalue weighted by Gasteiger charge is 2.12. The lowest BCUT2D eigenvalue weighted by atomic mass is 10.1. The number of hydrogen-bond donors (Lipinski definition) is 2. The van der Waals surface area contributed by atoms with Gasteiger partial charge in [-0.2, -0.15) is 0 Å². The molecule has 1 aliphatic rings. The fourth-order valence-corrected chi connectivity index (χ4v) is 3.68. The van der Waals surface area contributed by atoms with Crippen molar-refractivity contribution in [3.05, 3.63) is 53.6 Å². The van der Waals surface area contributed by atoms with Gasteiger partial charge in [0.15, 0.2) is 17.5 Å². The van der Waals surface area contributed by atoms with Gasteiger partial charge in [0.05, 0.1) is 25.5 Å². The Morgan fingerprint density at radius 1 is 1.10 bits per heavy atom. The van der Waals surface area contributed by atoms with Crippen LogP contribution in [0.15, 0.2) is 47.5 Å². The molecule has 3 rings (SSSR count). The summed E-state index contributed by atoms with van der Waals surface area (Å²) in [6, 6.07) is 13.8. The molecule has 1 heterocycles. The van der Waals surface area contributed by atoms with Crippen molar-refractivity contribution in [2.24, 2.45) is 4.99 Å². The van der Waals surface area contributed by atoms with Crippen LogP contribution in [0.5, 0.6) is 11.5 Å². The van der Waals surface area contributed by atoms with Crippen LogP contribution in [0, 0.1) is 6.92 Å². The molecular formula is C22H29N3O4S. The van der Waals surface area contributed by atoms with Gasteiger partial charge < -0.3 is 20.1 Å². The van der Waals surface area contributed by atoms with E-state index in [1.54, 1.807) is 0 Å². The second-order valence-corrected chi connectivity index (χ2v) is 9.60. The van der Waals surface area contributed by atoms with Gasteiger partial charge in [-0.05, 0) is 36.6 Å². The molecule has 0 amide bonds. The highest BCUT2D eigenvalue weighted by Crippen LogP contribution is 2.32. The highest BCUT2D eigenvalue weighted by molar-refractivity contribution is 7.90. The molecule has 0 spiro atoms. The quantitative estimate of drug-likeness (QED) is 0.398. The Morgan fingerprint density at radius 2 is 1.87 bits per heavy atom. The second-order valence-electron chi connectivity index (χ2n) is 7.34. The van der Waals surface area contributed by atoms with Crippen molar-refractivity contribution in [2.75, 3.05) is 37.1 Å². The summed E-state index contributed by atoms with van der Waals surface area (Å²) in [6.45, 7) is 4.33. The third-order valence-electron chi connectivity index (χ3n) is 4.66. The van der Waals surface area contributed by atoms with E-state index in [-0.39, 0.29) is 5.75 Å². The number of anilines is 1. The molecule has 8 heteroatoms. The standard InChI is InChI=1S/C22H29N3O4S/c1-17-7-3-4-8-18(17)16-24-22(23-11-5-14-30(2,26)27)25-19-9-10-20-21(15-19)29-13-6-12-28-20/h3-4,7-10,15H,5-6,11-14,16H2,1-2H3,(H2,23,24,25). The molecule has 0 aliphatic carbocycles. The van der Waals surface area contributed by atoms with Crippen LogP contribution in [-0.2, 0) is 16.4 Å². The molecule has 0 unspecified atom stereocenters. The first kappa shape index (κ1) is 22.0. The maximum Gasteiger partial charge on any atom is 0.196 e. The number of aryl methyl sites for hydroxylation is 1. The third-order valence-corrected chi connectivity index (χ3v) is 5.69. The predicted octanol–water partition coefficient (Wildman–Crippen LogP) is 3.15. The predicted molar refractivity (Wildman–Crippen MR) is 120 cm³/mol. The van der Waals surface area contributed by atoms with Gasteiger partial charge in [-0.15, -0.1) is 0 Å². The summed E-state index contributed by atoms with van der Waals surface area (Å²) in [5, 5.41) is 6.52. The zero-order valence-electron chi connectivity index (χ0n) is 17.5. The van der Waals surface area contributed by atoms with E-state index in [9.17, 15) is 8.42 Å². The zero-order valence-corrected chi connectivity index (χ0v) is 18.3. The van der Waals surface area contributed by atoms with Crippen LogP contribution in [0.3, 0.4) is 0 Å². The molecule has 162 valence electrons. The zero-order chi connectivity index (χ0) is 21.4. The van der Waals surface area contributed by atoms with E-state index in [2.05, 4.69) is 28.6 Å². The van der Waals surface area contributed by atoms with Gasteiger partial charge in [0.2, 0.25) is 0 Å². The van der Waals surface area contributed by atoms with Crippen LogP contribution in [-0.4, -0.2) is 46.1 Å². The summed E-state index contributed by atoms with van der Waals surface area (Å²) < 4.78 is 34.2. The number of sulfone groups is 1. The van der Waals surface area contributed by atoms with Crippen molar-refractivity contribution in [1.82, 2.24) is 5.32 Å². The van der Waals surface area contributed by atoms with Crippen LogP contribution in [0.2, 0.25) is 0 Å². The van der Waals surface area contributed by atoms with Gasteiger partial charge in [-0.3, -0.25) is 0 Å². The normalized spacial score (nSPS) is 14.1. The van der Waals surface area contributed by atoms with Crippen LogP contribution < -0.4 is 20.1 Å². The van der Waals surface area contributed by atoms with Gasteiger partial charge in [0, 0.05) is 31.0 Å². The maximum absolute atomic E-state index is 11.4. The van der Waals surface area contributed by atoms with Gasteiger partial charge in [0.25, 0.3) is 0 Å². The average molecular weight is 432 g/mol. The first-order chi connectivity index (χ1) is 14.4. The van der Waals surface area contributed by atoms with Crippen molar-refractivity contribution in [2.45, 2.75) is 26.3 Å². The molecule has 0 saturated heterocycles. The van der Waals surface area contributed by atoms with Crippen LogP contribution in [0.1, 0.15) is 24.0 Å². The monoisotopic (exact) mass is 431 g/mol. The van der Waals surface area contributed by atoms with E-state index in [1.165, 1.54) is 11.8 Å². The maximum atomic E-state index is 11.4. The van der Waals surface area contributed by atoms with E-state index in [0.29, 0.717) is 44.4 Å². The third kappa shape index (κ3) is 6.95. The molecule has 2 aromatic rings. The summed E-state index contributed by atoms with van der Waals surface area (Å²) >= 11 is 0. The smallest absolute Gasteiger partial charge is 0.196 e. The molecule has 1 aliphatic heterocycles. The molecule has 0 bridgehead atoms. The van der Waals surface area contributed by atoms with E-state index < -0.39 is 9.84 Å². The number of ether oxygens (including phenoxy) is 2. The van der Waals surface area contributed by atoms with Gasteiger partial charge in [-0.25, -0.2) is 13.4 Å². The van der Waals surface area contributed by atoms with Crippen LogP contribution >= 0.6 is 0 Å². The molecule has 0 atom stereocenters. The Hall–Kier alpha value is -2.74. The summed E-state index contributed by atoms with van der Waals surface area (Å²) in [4.78, 5) is 4.69. The minimum Gasteiger partial charge on any atom is -0.490 e. The highest BCUT2D eigenvalue weighted by atomic mass is 32.2. The molecule has 2 N–H and O–H groups in total. The first-order valence-corrected chi connectivity index (χ1v) is 12.1. The lowest BCUT2D eigenvalue weighted by molar-refractivity contribution is 0.297.